The highest BCUT2D eigenvalue weighted by molar-refractivity contribution is 7.80. The van der Waals surface area contributed by atoms with Gasteiger partial charge in [0.15, 0.2) is 11.0 Å². The Balaban J connectivity index is 1.83. The van der Waals surface area contributed by atoms with E-state index in [0.717, 1.165) is 0 Å². The number of hydrogen-bond acceptors (Lipinski definition) is 4. The van der Waals surface area contributed by atoms with Crippen molar-refractivity contribution in [3.8, 4) is 0 Å². The van der Waals surface area contributed by atoms with Crippen LogP contribution in [-0.2, 0) is 9.59 Å². The Bertz CT molecular complexity index is 860. The first kappa shape index (κ1) is 17.9. The number of thiocarbonyl (C=S) groups is 1. The van der Waals surface area contributed by atoms with Gasteiger partial charge in [-0.15, -0.1) is 0 Å². The van der Waals surface area contributed by atoms with Gasteiger partial charge in [-0.1, -0.05) is 44.2 Å². The van der Waals surface area contributed by atoms with Gasteiger partial charge in [0, 0.05) is 6.21 Å². The Hall–Kier alpha value is -2.86. The normalized spacial score (nSPS) is 17.9. The molecule has 1 aliphatic heterocycles. The number of anilines is 1. The summed E-state index contributed by atoms with van der Waals surface area (Å²) >= 11 is 5.16. The van der Waals surface area contributed by atoms with E-state index in [1.807, 2.05) is 30.3 Å². The monoisotopic (exact) mass is 365 g/mol. The number of nitrogens with one attached hydrogen (secondary N) is 1. The average molecular weight is 365 g/mol. The maximum absolute atomic E-state index is 12.8. The molecule has 1 aliphatic rings. The number of amides is 2. The average Bonchev–Trinajstić information content (AvgIpc) is 2.62. The molecule has 26 heavy (non-hydrogen) atoms. The summed E-state index contributed by atoms with van der Waals surface area (Å²) in [6.45, 7) is 4.23. The van der Waals surface area contributed by atoms with E-state index in [2.05, 4.69) is 24.2 Å². The van der Waals surface area contributed by atoms with E-state index in [1.54, 1.807) is 24.3 Å². The fourth-order valence-corrected chi connectivity index (χ4v) is 2.95. The summed E-state index contributed by atoms with van der Waals surface area (Å²) in [5, 5.41) is 2.66. The molecule has 0 spiro atoms. The molecule has 132 valence electrons. The van der Waals surface area contributed by atoms with Crippen molar-refractivity contribution >= 4 is 46.7 Å². The number of aliphatic imine (C=N–C) groups is 1. The van der Waals surface area contributed by atoms with Crippen LogP contribution in [0.4, 0.5) is 11.4 Å². The first-order chi connectivity index (χ1) is 12.5. The van der Waals surface area contributed by atoms with Crippen LogP contribution in [0.3, 0.4) is 0 Å². The van der Waals surface area contributed by atoms with Crippen molar-refractivity contribution in [3.63, 3.8) is 0 Å². The van der Waals surface area contributed by atoms with Gasteiger partial charge in [0.2, 0.25) is 5.91 Å². The second-order valence-corrected chi connectivity index (χ2v) is 6.69. The van der Waals surface area contributed by atoms with Crippen molar-refractivity contribution in [2.24, 2.45) is 10.9 Å². The highest BCUT2D eigenvalue weighted by Gasteiger charge is 2.38. The minimum Gasteiger partial charge on any atom is -0.301 e. The van der Waals surface area contributed by atoms with Crippen LogP contribution in [0, 0.1) is 5.92 Å². The Labute approximate surface area is 157 Å². The van der Waals surface area contributed by atoms with E-state index in [4.69, 9.17) is 12.2 Å². The van der Waals surface area contributed by atoms with Crippen LogP contribution >= 0.6 is 12.2 Å². The van der Waals surface area contributed by atoms with Crippen LogP contribution < -0.4 is 10.2 Å². The highest BCUT2D eigenvalue weighted by Crippen LogP contribution is 2.22. The molecule has 2 aromatic rings. The number of carbonyl (C=O) groups is 2. The molecule has 6 heteroatoms. The minimum atomic E-state index is -1.02. The van der Waals surface area contributed by atoms with E-state index in [0.29, 0.717) is 17.3 Å². The second kappa shape index (κ2) is 7.58. The smallest absolute Gasteiger partial charge is 0.251 e. The Morgan fingerprint density at radius 1 is 1.08 bits per heavy atom. The molecular weight excluding hydrogens is 346 g/mol. The third kappa shape index (κ3) is 3.70. The summed E-state index contributed by atoms with van der Waals surface area (Å²) in [6.07, 6.45) is 1.37. The van der Waals surface area contributed by atoms with Crippen LogP contribution in [0.15, 0.2) is 59.6 Å². The zero-order valence-electron chi connectivity index (χ0n) is 14.5. The van der Waals surface area contributed by atoms with Crippen LogP contribution in [0.2, 0.25) is 0 Å². The predicted octanol–water partition coefficient (Wildman–Crippen LogP) is 3.58. The van der Waals surface area contributed by atoms with Crippen LogP contribution in [0.1, 0.15) is 25.3 Å². The molecule has 1 N–H and O–H groups in total. The fraction of sp³-hybridized carbons (Fsp3) is 0.200. The number of carbonyl (C=O) groups excluding carboxylic acids is 2. The molecular formula is C20H19N3O2S. The van der Waals surface area contributed by atoms with Crippen molar-refractivity contribution < 1.29 is 9.59 Å². The first-order valence-electron chi connectivity index (χ1n) is 8.35. The quantitative estimate of drug-likeness (QED) is 0.512. The zero-order valence-corrected chi connectivity index (χ0v) is 15.4. The van der Waals surface area contributed by atoms with Crippen molar-refractivity contribution in [2.45, 2.75) is 19.8 Å². The molecule has 5 nitrogen and oxygen atoms in total. The van der Waals surface area contributed by atoms with Gasteiger partial charge in [-0.05, 0) is 48.0 Å². The van der Waals surface area contributed by atoms with E-state index >= 15 is 0 Å². The van der Waals surface area contributed by atoms with Gasteiger partial charge < -0.3 is 5.32 Å². The molecule has 1 atom stereocenters. The minimum absolute atomic E-state index is 0.0807. The van der Waals surface area contributed by atoms with Gasteiger partial charge in [0.05, 0.1) is 11.4 Å². The molecule has 2 aromatic carbocycles. The molecule has 0 aromatic heterocycles. The Kier molecular flexibility index (Phi) is 5.23. The van der Waals surface area contributed by atoms with E-state index < -0.39 is 17.7 Å². The third-order valence-electron chi connectivity index (χ3n) is 4.15. The van der Waals surface area contributed by atoms with E-state index in [9.17, 15) is 9.59 Å². The lowest BCUT2D eigenvalue weighted by Crippen LogP contribution is -2.58. The summed E-state index contributed by atoms with van der Waals surface area (Å²) < 4.78 is 0. The van der Waals surface area contributed by atoms with Gasteiger partial charge in [-0.25, -0.2) is 0 Å². The Morgan fingerprint density at radius 2 is 1.73 bits per heavy atom. The molecule has 2 amide bonds. The topological polar surface area (TPSA) is 61.8 Å². The lowest BCUT2D eigenvalue weighted by Gasteiger charge is -2.30. The molecule has 0 saturated carbocycles. The third-order valence-corrected chi connectivity index (χ3v) is 4.43. The van der Waals surface area contributed by atoms with E-state index in [-0.39, 0.29) is 5.11 Å². The van der Waals surface area contributed by atoms with Crippen LogP contribution in [0.5, 0.6) is 0 Å². The molecule has 3 rings (SSSR count). The van der Waals surface area contributed by atoms with Crippen LogP contribution in [0.25, 0.3) is 0 Å². The molecule has 1 saturated heterocycles. The SMILES string of the molecule is CC(C)c1ccc(N=C[C@H]2C(=O)NC(=S)N(c3ccccc3)C2=O)cc1. The molecule has 0 unspecified atom stereocenters. The van der Waals surface area contributed by atoms with Gasteiger partial charge in [-0.2, -0.15) is 0 Å². The maximum atomic E-state index is 12.8. The molecule has 1 fully saturated rings. The van der Waals surface area contributed by atoms with Gasteiger partial charge in [0.1, 0.15) is 0 Å². The number of benzene rings is 2. The molecule has 0 aliphatic carbocycles. The van der Waals surface area contributed by atoms with Gasteiger partial charge in [-0.3, -0.25) is 19.5 Å². The summed E-state index contributed by atoms with van der Waals surface area (Å²) in [5.74, 6) is -1.46. The summed E-state index contributed by atoms with van der Waals surface area (Å²) in [4.78, 5) is 30.7. The predicted molar refractivity (Wildman–Crippen MR) is 107 cm³/mol. The zero-order chi connectivity index (χ0) is 18.7. The van der Waals surface area contributed by atoms with Gasteiger partial charge >= 0.3 is 0 Å². The largest absolute Gasteiger partial charge is 0.301 e. The molecule has 0 bridgehead atoms. The van der Waals surface area contributed by atoms with Crippen molar-refractivity contribution in [3.05, 3.63) is 60.2 Å². The van der Waals surface area contributed by atoms with Gasteiger partial charge in [0.25, 0.3) is 5.91 Å². The number of nitrogens with zero attached hydrogens (tertiary/aromatic N) is 2. The Morgan fingerprint density at radius 3 is 2.35 bits per heavy atom. The molecule has 1 heterocycles. The maximum Gasteiger partial charge on any atom is 0.251 e. The van der Waals surface area contributed by atoms with Crippen LogP contribution in [-0.4, -0.2) is 23.1 Å². The van der Waals surface area contributed by atoms with E-state index in [1.165, 1.54) is 16.7 Å². The summed E-state index contributed by atoms with van der Waals surface area (Å²) in [7, 11) is 0. The standard InChI is InChI=1S/C20H19N3O2S/c1-13(2)14-8-10-15(11-9-14)21-12-17-18(24)22-20(26)23(19(17)25)16-6-4-3-5-7-16/h3-13,17H,1-2H3,(H,22,24,26)/t17-/m0/s1. The highest BCUT2D eigenvalue weighted by atomic mass is 32.1. The number of para-hydroxylation sites is 1. The number of hydrogen-bond donors (Lipinski definition) is 1. The lowest BCUT2D eigenvalue weighted by atomic mass is 10.0. The summed E-state index contributed by atoms with van der Waals surface area (Å²) in [6, 6.07) is 16.7. The second-order valence-electron chi connectivity index (χ2n) is 6.31. The number of rotatable bonds is 4. The van der Waals surface area contributed by atoms with Crippen molar-refractivity contribution in [1.29, 1.82) is 0 Å². The molecule has 0 radical (unpaired) electrons. The van der Waals surface area contributed by atoms with Crippen molar-refractivity contribution in [1.82, 2.24) is 5.32 Å². The lowest BCUT2D eigenvalue weighted by molar-refractivity contribution is -0.130. The summed E-state index contributed by atoms with van der Waals surface area (Å²) in [5.41, 5.74) is 2.51. The van der Waals surface area contributed by atoms with Crippen molar-refractivity contribution in [2.75, 3.05) is 4.90 Å². The fourth-order valence-electron chi connectivity index (χ4n) is 2.65. The first-order valence-corrected chi connectivity index (χ1v) is 8.76.